The molecule has 3 aromatic carbocycles. The fraction of sp³-hybridized carbons (Fsp3) is 0.143. The molecular weight excluding hydrogens is 479 g/mol. The molecule has 0 aliphatic heterocycles. The van der Waals surface area contributed by atoms with E-state index < -0.39 is 5.54 Å². The van der Waals surface area contributed by atoms with Gasteiger partial charge in [0.25, 0.3) is 5.56 Å². The minimum absolute atomic E-state index is 0.0945. The summed E-state index contributed by atoms with van der Waals surface area (Å²) >= 11 is 12.6. The zero-order chi connectivity index (χ0) is 24.9. The summed E-state index contributed by atoms with van der Waals surface area (Å²) in [5.74, 6) is 0. The van der Waals surface area contributed by atoms with E-state index in [1.807, 2.05) is 73.1 Å². The first kappa shape index (κ1) is 23.4. The minimum Gasteiger partial charge on any atom is -0.336 e. The van der Waals surface area contributed by atoms with Crippen LogP contribution in [-0.2, 0) is 19.6 Å². The number of fused-ring (bicyclic) bond motifs is 1. The van der Waals surface area contributed by atoms with Crippen molar-refractivity contribution in [3.63, 3.8) is 0 Å². The van der Waals surface area contributed by atoms with Gasteiger partial charge in [0, 0.05) is 35.6 Å². The van der Waals surface area contributed by atoms with Gasteiger partial charge in [0.2, 0.25) is 0 Å². The first-order valence-corrected chi connectivity index (χ1v) is 11.9. The lowest BCUT2D eigenvalue weighted by Gasteiger charge is -2.32. The number of aryl methyl sites for hydroxylation is 2. The quantitative estimate of drug-likeness (QED) is 0.337. The molecule has 2 aromatic heterocycles. The van der Waals surface area contributed by atoms with E-state index in [0.29, 0.717) is 10.0 Å². The maximum Gasteiger partial charge on any atom is 0.251 e. The molecule has 176 valence electrons. The predicted octanol–water partition coefficient (Wildman–Crippen LogP) is 5.80. The average Bonchev–Trinajstić information content (AvgIpc) is 3.29. The number of aromatic nitrogens is 3. The molecule has 0 saturated heterocycles. The van der Waals surface area contributed by atoms with Gasteiger partial charge in [-0.2, -0.15) is 0 Å². The van der Waals surface area contributed by atoms with Crippen LogP contribution in [-0.4, -0.2) is 14.1 Å². The van der Waals surface area contributed by atoms with Crippen LogP contribution in [0.3, 0.4) is 0 Å². The van der Waals surface area contributed by atoms with E-state index in [2.05, 4.69) is 11.1 Å². The number of hydrogen-bond donors (Lipinski definition) is 1. The van der Waals surface area contributed by atoms with Gasteiger partial charge in [0.05, 0.1) is 23.7 Å². The molecule has 0 spiro atoms. The van der Waals surface area contributed by atoms with E-state index in [9.17, 15) is 4.79 Å². The molecule has 1 atom stereocenters. The normalized spacial score (nSPS) is 13.2. The maximum atomic E-state index is 12.9. The fourth-order valence-electron chi connectivity index (χ4n) is 4.74. The number of pyridine rings is 1. The third kappa shape index (κ3) is 3.76. The van der Waals surface area contributed by atoms with Crippen LogP contribution >= 0.6 is 23.2 Å². The number of halogens is 2. The van der Waals surface area contributed by atoms with Gasteiger partial charge in [-0.1, -0.05) is 53.5 Å². The summed E-state index contributed by atoms with van der Waals surface area (Å²) in [5, 5.41) is 2.19. The standard InChI is InChI=1S/C28H24Cl2N4O/c1-17-21(5-4-6-24(17)30)22-14-27(35)34(3)25-12-9-19(13-23(22)25)28(31,26-15-32-16-33(26)2)18-7-10-20(29)11-8-18/h4-16H,31H2,1-3H3. The van der Waals surface area contributed by atoms with E-state index in [0.717, 1.165) is 44.4 Å². The summed E-state index contributed by atoms with van der Waals surface area (Å²) < 4.78 is 3.56. The molecule has 7 heteroatoms. The molecule has 0 radical (unpaired) electrons. The fourth-order valence-corrected chi connectivity index (χ4v) is 5.04. The summed E-state index contributed by atoms with van der Waals surface area (Å²) in [5.41, 5.74) is 12.1. The van der Waals surface area contributed by atoms with Gasteiger partial charge in [-0.15, -0.1) is 0 Å². The molecule has 0 saturated carbocycles. The van der Waals surface area contributed by atoms with Gasteiger partial charge in [0.1, 0.15) is 5.54 Å². The smallest absolute Gasteiger partial charge is 0.251 e. The van der Waals surface area contributed by atoms with E-state index in [1.165, 1.54) is 0 Å². The van der Waals surface area contributed by atoms with Crippen molar-refractivity contribution in [2.75, 3.05) is 0 Å². The second-order valence-corrected chi connectivity index (χ2v) is 9.65. The Morgan fingerprint density at radius 1 is 0.914 bits per heavy atom. The van der Waals surface area contributed by atoms with Crippen molar-refractivity contribution in [1.29, 1.82) is 0 Å². The highest BCUT2D eigenvalue weighted by molar-refractivity contribution is 6.31. The first-order valence-electron chi connectivity index (χ1n) is 11.1. The van der Waals surface area contributed by atoms with Crippen molar-refractivity contribution in [1.82, 2.24) is 14.1 Å². The van der Waals surface area contributed by atoms with Crippen LogP contribution in [0.15, 0.2) is 84.0 Å². The lowest BCUT2D eigenvalue weighted by molar-refractivity contribution is 0.596. The highest BCUT2D eigenvalue weighted by Gasteiger charge is 2.35. The van der Waals surface area contributed by atoms with Crippen molar-refractivity contribution in [3.8, 4) is 11.1 Å². The summed E-state index contributed by atoms with van der Waals surface area (Å²) in [6.07, 6.45) is 3.51. The number of benzene rings is 3. The molecule has 1 unspecified atom stereocenters. The molecule has 0 aliphatic rings. The molecule has 35 heavy (non-hydrogen) atoms. The first-order chi connectivity index (χ1) is 16.7. The van der Waals surface area contributed by atoms with Gasteiger partial charge >= 0.3 is 0 Å². The largest absolute Gasteiger partial charge is 0.336 e. The van der Waals surface area contributed by atoms with Crippen LogP contribution in [0.2, 0.25) is 10.0 Å². The third-order valence-corrected chi connectivity index (χ3v) is 7.44. The highest BCUT2D eigenvalue weighted by Crippen LogP contribution is 2.38. The molecule has 5 nitrogen and oxygen atoms in total. The molecule has 0 amide bonds. The van der Waals surface area contributed by atoms with E-state index in [1.54, 1.807) is 30.2 Å². The zero-order valence-electron chi connectivity index (χ0n) is 19.6. The molecule has 5 rings (SSSR count). The van der Waals surface area contributed by atoms with E-state index in [-0.39, 0.29) is 5.56 Å². The topological polar surface area (TPSA) is 65.8 Å². The molecule has 0 aliphatic carbocycles. The van der Waals surface area contributed by atoms with Crippen molar-refractivity contribution < 1.29 is 0 Å². The van der Waals surface area contributed by atoms with Gasteiger partial charge < -0.3 is 14.9 Å². The number of nitrogens with two attached hydrogens (primary N) is 1. The lowest BCUT2D eigenvalue weighted by Crippen LogP contribution is -2.41. The van der Waals surface area contributed by atoms with E-state index >= 15 is 0 Å². The lowest BCUT2D eigenvalue weighted by atomic mass is 9.80. The molecule has 5 aromatic rings. The number of rotatable bonds is 4. The number of hydrogen-bond acceptors (Lipinski definition) is 3. The second-order valence-electron chi connectivity index (χ2n) is 8.80. The number of nitrogens with zero attached hydrogens (tertiary/aromatic N) is 3. The Hall–Kier alpha value is -3.38. The minimum atomic E-state index is -1.01. The van der Waals surface area contributed by atoms with Crippen molar-refractivity contribution >= 4 is 34.1 Å². The summed E-state index contributed by atoms with van der Waals surface area (Å²) in [4.78, 5) is 17.2. The Bertz CT molecular complexity index is 1640. The van der Waals surface area contributed by atoms with Crippen LogP contribution in [0.5, 0.6) is 0 Å². The van der Waals surface area contributed by atoms with Crippen LogP contribution in [0.4, 0.5) is 0 Å². The molecule has 0 fully saturated rings. The Labute approximate surface area is 213 Å². The highest BCUT2D eigenvalue weighted by atomic mass is 35.5. The van der Waals surface area contributed by atoms with E-state index in [4.69, 9.17) is 28.9 Å². The summed E-state index contributed by atoms with van der Waals surface area (Å²) in [6, 6.07) is 20.9. The van der Waals surface area contributed by atoms with Crippen LogP contribution in [0.1, 0.15) is 22.4 Å². The Morgan fingerprint density at radius 3 is 2.31 bits per heavy atom. The van der Waals surface area contributed by atoms with Crippen LogP contribution < -0.4 is 11.3 Å². The van der Waals surface area contributed by atoms with Crippen LogP contribution in [0, 0.1) is 6.92 Å². The van der Waals surface area contributed by atoms with Crippen molar-refractivity contribution in [2.24, 2.45) is 19.8 Å². The molecular formula is C28H24Cl2N4O. The SMILES string of the molecule is Cc1c(Cl)cccc1-c1cc(=O)n(C)c2ccc(C(N)(c3ccc(Cl)cc3)c3cncn3C)cc12. The monoisotopic (exact) mass is 502 g/mol. The van der Waals surface area contributed by atoms with Crippen LogP contribution in [0.25, 0.3) is 22.0 Å². The number of imidazole rings is 1. The Morgan fingerprint density at radius 2 is 1.63 bits per heavy atom. The second kappa shape index (κ2) is 8.68. The van der Waals surface area contributed by atoms with Crippen molar-refractivity contribution in [3.05, 3.63) is 122 Å². The zero-order valence-corrected chi connectivity index (χ0v) is 21.1. The van der Waals surface area contributed by atoms with Gasteiger partial charge in [-0.25, -0.2) is 4.98 Å². The third-order valence-electron chi connectivity index (χ3n) is 6.78. The van der Waals surface area contributed by atoms with Gasteiger partial charge in [-0.3, -0.25) is 4.79 Å². The summed E-state index contributed by atoms with van der Waals surface area (Å²) in [7, 11) is 3.69. The maximum absolute atomic E-state index is 12.9. The van der Waals surface area contributed by atoms with Crippen molar-refractivity contribution in [2.45, 2.75) is 12.5 Å². The Kier molecular flexibility index (Phi) is 5.80. The predicted molar refractivity (Wildman–Crippen MR) is 143 cm³/mol. The summed E-state index contributed by atoms with van der Waals surface area (Å²) in [6.45, 7) is 1.96. The van der Waals surface area contributed by atoms with Gasteiger partial charge in [0.15, 0.2) is 0 Å². The Balaban J connectivity index is 1.86. The molecule has 0 bridgehead atoms. The average molecular weight is 503 g/mol. The molecule has 2 N–H and O–H groups in total. The van der Waals surface area contributed by atoms with Gasteiger partial charge in [-0.05, 0) is 65.1 Å². The molecule has 2 heterocycles.